The van der Waals surface area contributed by atoms with Crippen LogP contribution in [0.3, 0.4) is 0 Å². The van der Waals surface area contributed by atoms with Crippen molar-refractivity contribution in [1.82, 2.24) is 0 Å². The summed E-state index contributed by atoms with van der Waals surface area (Å²) in [7, 11) is 0. The molecule has 2 nitrogen and oxygen atoms in total. The van der Waals surface area contributed by atoms with Gasteiger partial charge in [-0.2, -0.15) is 13.2 Å². The van der Waals surface area contributed by atoms with Gasteiger partial charge < -0.3 is 11.1 Å². The van der Waals surface area contributed by atoms with E-state index < -0.39 is 12.6 Å². The van der Waals surface area contributed by atoms with Gasteiger partial charge >= 0.3 is 6.18 Å². The van der Waals surface area contributed by atoms with Crippen LogP contribution >= 0.6 is 0 Å². The fourth-order valence-electron chi connectivity index (χ4n) is 1.43. The predicted molar refractivity (Wildman–Crippen MR) is 64.0 cm³/mol. The topological polar surface area (TPSA) is 38.0 Å². The Labute approximate surface area is 99.0 Å². The summed E-state index contributed by atoms with van der Waals surface area (Å²) in [6.07, 6.45) is -4.12. The Morgan fingerprint density at radius 3 is 2.53 bits per heavy atom. The molecule has 5 heteroatoms. The highest BCUT2D eigenvalue weighted by Crippen LogP contribution is 2.22. The van der Waals surface area contributed by atoms with Crippen LogP contribution in [0.5, 0.6) is 0 Å². The minimum absolute atomic E-state index is 0.151. The van der Waals surface area contributed by atoms with Crippen LogP contribution in [-0.4, -0.2) is 12.7 Å². The molecule has 0 bridgehead atoms. The average molecular weight is 246 g/mol. The van der Waals surface area contributed by atoms with Crippen LogP contribution in [0.25, 0.3) is 0 Å². The molecule has 0 spiro atoms. The number of alkyl halides is 3. The summed E-state index contributed by atoms with van der Waals surface area (Å²) in [5.74, 6) is 0. The van der Waals surface area contributed by atoms with Gasteiger partial charge in [0.15, 0.2) is 0 Å². The fraction of sp³-hybridized carbons (Fsp3) is 0.500. The third-order valence-corrected chi connectivity index (χ3v) is 2.50. The van der Waals surface area contributed by atoms with Gasteiger partial charge in [-0.1, -0.05) is 6.07 Å². The van der Waals surface area contributed by atoms with Crippen LogP contribution in [-0.2, 0) is 0 Å². The Bertz CT molecular complexity index is 361. The van der Waals surface area contributed by atoms with E-state index in [4.69, 9.17) is 5.73 Å². The Kier molecular flexibility index (Phi) is 4.66. The second-order valence-corrected chi connectivity index (χ2v) is 4.07. The third-order valence-electron chi connectivity index (χ3n) is 2.50. The summed E-state index contributed by atoms with van der Waals surface area (Å²) in [6.45, 7) is 2.43. The van der Waals surface area contributed by atoms with Gasteiger partial charge in [-0.3, -0.25) is 0 Å². The minimum atomic E-state index is -4.05. The largest absolute Gasteiger partial charge is 0.398 e. The third kappa shape index (κ3) is 5.47. The van der Waals surface area contributed by atoms with E-state index in [-0.39, 0.29) is 6.42 Å². The molecule has 17 heavy (non-hydrogen) atoms. The van der Waals surface area contributed by atoms with Gasteiger partial charge in [-0.15, -0.1) is 0 Å². The summed E-state index contributed by atoms with van der Waals surface area (Å²) < 4.78 is 35.6. The second kappa shape index (κ2) is 5.80. The Morgan fingerprint density at radius 1 is 1.24 bits per heavy atom. The highest BCUT2D eigenvalue weighted by molar-refractivity contribution is 5.58. The first kappa shape index (κ1) is 13.7. The van der Waals surface area contributed by atoms with Crippen LogP contribution in [0, 0.1) is 6.92 Å². The first-order valence-electron chi connectivity index (χ1n) is 5.55. The van der Waals surface area contributed by atoms with E-state index in [2.05, 4.69) is 5.32 Å². The van der Waals surface area contributed by atoms with Crippen molar-refractivity contribution in [2.75, 3.05) is 17.6 Å². The number of benzene rings is 1. The van der Waals surface area contributed by atoms with Crippen molar-refractivity contribution in [1.29, 1.82) is 0 Å². The molecule has 1 aromatic rings. The van der Waals surface area contributed by atoms with Crippen LogP contribution in [0.2, 0.25) is 0 Å². The molecule has 0 aromatic heterocycles. The molecule has 0 saturated carbocycles. The van der Waals surface area contributed by atoms with Crippen molar-refractivity contribution in [3.63, 3.8) is 0 Å². The number of rotatable bonds is 5. The van der Waals surface area contributed by atoms with Gasteiger partial charge in [0, 0.05) is 24.3 Å². The zero-order chi connectivity index (χ0) is 12.9. The zero-order valence-electron chi connectivity index (χ0n) is 9.77. The van der Waals surface area contributed by atoms with Gasteiger partial charge in [0.05, 0.1) is 0 Å². The Hall–Kier alpha value is -1.39. The van der Waals surface area contributed by atoms with Crippen LogP contribution in [0.15, 0.2) is 18.2 Å². The summed E-state index contributed by atoms with van der Waals surface area (Å²) in [5, 5.41) is 3.05. The number of unbranched alkanes of at least 4 members (excludes halogenated alkanes) is 1. The number of nitrogens with two attached hydrogens (primary N) is 1. The number of hydrogen-bond donors (Lipinski definition) is 2. The quantitative estimate of drug-likeness (QED) is 0.613. The maximum atomic E-state index is 11.9. The summed E-state index contributed by atoms with van der Waals surface area (Å²) in [5.41, 5.74) is 8.25. The van der Waals surface area contributed by atoms with Crippen molar-refractivity contribution in [2.45, 2.75) is 32.4 Å². The summed E-state index contributed by atoms with van der Waals surface area (Å²) in [6, 6.07) is 5.54. The molecule has 0 fully saturated rings. The lowest BCUT2D eigenvalue weighted by atomic mass is 10.2. The lowest BCUT2D eigenvalue weighted by Crippen LogP contribution is -2.08. The number of aryl methyl sites for hydroxylation is 1. The molecule has 0 aliphatic rings. The first-order valence-corrected chi connectivity index (χ1v) is 5.55. The maximum absolute atomic E-state index is 11.9. The second-order valence-electron chi connectivity index (χ2n) is 4.07. The van der Waals surface area contributed by atoms with E-state index in [1.807, 2.05) is 19.1 Å². The highest BCUT2D eigenvalue weighted by atomic mass is 19.4. The Morgan fingerprint density at radius 2 is 1.94 bits per heavy atom. The molecular weight excluding hydrogens is 229 g/mol. The lowest BCUT2D eigenvalue weighted by molar-refractivity contribution is -0.135. The van der Waals surface area contributed by atoms with E-state index in [9.17, 15) is 13.2 Å². The highest BCUT2D eigenvalue weighted by Gasteiger charge is 2.25. The van der Waals surface area contributed by atoms with E-state index in [0.29, 0.717) is 18.7 Å². The van der Waals surface area contributed by atoms with Crippen LogP contribution < -0.4 is 11.1 Å². The monoisotopic (exact) mass is 246 g/mol. The smallest absolute Gasteiger partial charge is 0.389 e. The van der Waals surface area contributed by atoms with Crippen molar-refractivity contribution in [2.24, 2.45) is 0 Å². The average Bonchev–Trinajstić information content (AvgIpc) is 2.21. The van der Waals surface area contributed by atoms with Crippen molar-refractivity contribution >= 4 is 11.4 Å². The van der Waals surface area contributed by atoms with Crippen LogP contribution in [0.4, 0.5) is 24.5 Å². The van der Waals surface area contributed by atoms with Gasteiger partial charge in [0.25, 0.3) is 0 Å². The molecule has 1 rings (SSSR count). The maximum Gasteiger partial charge on any atom is 0.389 e. The van der Waals surface area contributed by atoms with E-state index in [0.717, 1.165) is 11.3 Å². The van der Waals surface area contributed by atoms with Crippen molar-refractivity contribution in [3.8, 4) is 0 Å². The number of anilines is 2. The molecule has 0 amide bonds. The molecule has 0 saturated heterocycles. The number of hydrogen-bond acceptors (Lipinski definition) is 2. The van der Waals surface area contributed by atoms with Gasteiger partial charge in [-0.25, -0.2) is 0 Å². The fourth-order valence-corrected chi connectivity index (χ4v) is 1.43. The molecule has 1 aromatic carbocycles. The normalized spacial score (nSPS) is 11.5. The van der Waals surface area contributed by atoms with Crippen LogP contribution in [0.1, 0.15) is 24.8 Å². The molecule has 3 N–H and O–H groups in total. The first-order chi connectivity index (χ1) is 7.88. The molecule has 0 aliphatic heterocycles. The minimum Gasteiger partial charge on any atom is -0.398 e. The predicted octanol–water partition coefficient (Wildman–Crippen LogP) is 3.72. The molecule has 0 radical (unpaired) electrons. The SMILES string of the molecule is Cc1ccc(NCCCCC(F)(F)F)cc1N. The zero-order valence-corrected chi connectivity index (χ0v) is 9.77. The van der Waals surface area contributed by atoms with E-state index >= 15 is 0 Å². The number of halogens is 3. The molecule has 0 aliphatic carbocycles. The van der Waals surface area contributed by atoms with Gasteiger partial charge in [-0.05, 0) is 37.5 Å². The molecule has 0 unspecified atom stereocenters. The number of nitrogen functional groups attached to an aromatic ring is 1. The van der Waals surface area contributed by atoms with Gasteiger partial charge in [0.1, 0.15) is 0 Å². The van der Waals surface area contributed by atoms with E-state index in [1.54, 1.807) is 6.07 Å². The lowest BCUT2D eigenvalue weighted by Gasteiger charge is -2.09. The molecule has 0 heterocycles. The number of nitrogens with one attached hydrogen (secondary N) is 1. The van der Waals surface area contributed by atoms with E-state index in [1.165, 1.54) is 0 Å². The standard InChI is InChI=1S/C12H17F3N2/c1-9-4-5-10(8-11(9)16)17-7-3-2-6-12(13,14)15/h4-5,8,17H,2-3,6-7,16H2,1H3. The van der Waals surface area contributed by atoms with Crippen molar-refractivity contribution in [3.05, 3.63) is 23.8 Å². The molecule has 0 atom stereocenters. The Balaban J connectivity index is 2.25. The van der Waals surface area contributed by atoms with Crippen molar-refractivity contribution < 1.29 is 13.2 Å². The summed E-state index contributed by atoms with van der Waals surface area (Å²) in [4.78, 5) is 0. The summed E-state index contributed by atoms with van der Waals surface area (Å²) >= 11 is 0. The molecule has 96 valence electrons. The molecular formula is C12H17F3N2. The van der Waals surface area contributed by atoms with Gasteiger partial charge in [0.2, 0.25) is 0 Å².